The van der Waals surface area contributed by atoms with Gasteiger partial charge in [0.05, 0.1) is 12.7 Å². The fourth-order valence-electron chi connectivity index (χ4n) is 2.41. The normalized spacial score (nSPS) is 12.8. The number of Topliss-reactive ketones (excluding diaryl/α,β-unsaturated/α-hetero) is 1. The molecule has 0 N–H and O–H groups in total. The lowest BCUT2D eigenvalue weighted by Crippen LogP contribution is -2.18. The van der Waals surface area contributed by atoms with E-state index >= 15 is 0 Å². The molecular weight excluding hydrogens is 268 g/mol. The van der Waals surface area contributed by atoms with E-state index in [1.807, 2.05) is 36.4 Å². The Morgan fingerprint density at radius 1 is 1.10 bits per heavy atom. The Labute approximate surface area is 123 Å². The molecule has 0 radical (unpaired) electrons. The minimum absolute atomic E-state index is 0.0122. The van der Waals surface area contributed by atoms with Crippen LogP contribution in [-0.2, 0) is 6.42 Å². The quantitative estimate of drug-likeness (QED) is 0.810. The standard InChI is InChI=1S/C17H16O4/c1-19-15-7-3-2-5-12(15)11-14(18)13-6-4-8-16-17(13)21-10-9-20-16/h2-8H,9-11H2,1H3. The van der Waals surface area contributed by atoms with E-state index in [0.717, 1.165) is 5.56 Å². The molecule has 0 bridgehead atoms. The van der Waals surface area contributed by atoms with Crippen LogP contribution in [0.5, 0.6) is 17.2 Å². The molecule has 1 aliphatic rings. The summed E-state index contributed by atoms with van der Waals surface area (Å²) in [6, 6.07) is 12.9. The maximum Gasteiger partial charge on any atom is 0.172 e. The van der Waals surface area contributed by atoms with Gasteiger partial charge in [0.15, 0.2) is 17.3 Å². The van der Waals surface area contributed by atoms with Crippen LogP contribution >= 0.6 is 0 Å². The summed E-state index contributed by atoms with van der Waals surface area (Å²) in [6.45, 7) is 0.975. The second kappa shape index (κ2) is 5.87. The zero-order chi connectivity index (χ0) is 14.7. The number of ketones is 1. The Hall–Kier alpha value is -2.49. The summed E-state index contributed by atoms with van der Waals surface area (Å²) in [5.74, 6) is 1.88. The largest absolute Gasteiger partial charge is 0.496 e. The number of hydrogen-bond donors (Lipinski definition) is 0. The first kappa shape index (κ1) is 13.5. The molecule has 2 aromatic rings. The summed E-state index contributed by atoms with van der Waals surface area (Å²) in [6.07, 6.45) is 0.268. The highest BCUT2D eigenvalue weighted by Gasteiger charge is 2.21. The van der Waals surface area contributed by atoms with Gasteiger partial charge in [0, 0.05) is 12.0 Å². The Bertz CT molecular complexity index is 664. The number of fused-ring (bicyclic) bond motifs is 1. The summed E-state index contributed by atoms with van der Waals surface area (Å²) < 4.78 is 16.4. The van der Waals surface area contributed by atoms with Gasteiger partial charge in [-0.25, -0.2) is 0 Å². The van der Waals surface area contributed by atoms with Crippen LogP contribution in [0.1, 0.15) is 15.9 Å². The van der Waals surface area contributed by atoms with Crippen LogP contribution in [0.25, 0.3) is 0 Å². The van der Waals surface area contributed by atoms with Crippen molar-refractivity contribution in [1.29, 1.82) is 0 Å². The molecule has 1 aliphatic heterocycles. The van der Waals surface area contributed by atoms with Crippen LogP contribution in [0.4, 0.5) is 0 Å². The van der Waals surface area contributed by atoms with Gasteiger partial charge in [-0.05, 0) is 18.2 Å². The van der Waals surface area contributed by atoms with Crippen molar-refractivity contribution >= 4 is 5.78 Å². The number of methoxy groups -OCH3 is 1. The van der Waals surface area contributed by atoms with Crippen molar-refractivity contribution in [3.8, 4) is 17.2 Å². The number of benzene rings is 2. The van der Waals surface area contributed by atoms with Gasteiger partial charge in [-0.15, -0.1) is 0 Å². The molecule has 2 aromatic carbocycles. The van der Waals surface area contributed by atoms with E-state index < -0.39 is 0 Å². The molecule has 1 heterocycles. The van der Waals surface area contributed by atoms with Gasteiger partial charge in [0.25, 0.3) is 0 Å². The number of ether oxygens (including phenoxy) is 3. The first-order valence-electron chi connectivity index (χ1n) is 6.83. The predicted molar refractivity (Wildman–Crippen MR) is 78.5 cm³/mol. The molecule has 0 amide bonds. The predicted octanol–water partition coefficient (Wildman–Crippen LogP) is 2.89. The molecule has 0 aromatic heterocycles. The number of carbonyl (C=O) groups is 1. The lowest BCUT2D eigenvalue weighted by Gasteiger charge is -2.20. The topological polar surface area (TPSA) is 44.8 Å². The van der Waals surface area contributed by atoms with Gasteiger partial charge in [0.2, 0.25) is 0 Å². The molecule has 108 valence electrons. The molecule has 0 unspecified atom stereocenters. The monoisotopic (exact) mass is 284 g/mol. The molecule has 0 saturated heterocycles. The van der Waals surface area contributed by atoms with Crippen LogP contribution in [0, 0.1) is 0 Å². The minimum atomic E-state index is -0.0122. The maximum atomic E-state index is 12.6. The van der Waals surface area contributed by atoms with Crippen molar-refractivity contribution in [1.82, 2.24) is 0 Å². The van der Waals surface area contributed by atoms with Gasteiger partial charge in [-0.3, -0.25) is 4.79 Å². The van der Waals surface area contributed by atoms with Crippen LogP contribution in [0.2, 0.25) is 0 Å². The van der Waals surface area contributed by atoms with E-state index in [-0.39, 0.29) is 12.2 Å². The van der Waals surface area contributed by atoms with E-state index in [1.54, 1.807) is 13.2 Å². The minimum Gasteiger partial charge on any atom is -0.496 e. The number of hydrogen-bond acceptors (Lipinski definition) is 4. The van der Waals surface area contributed by atoms with E-state index in [4.69, 9.17) is 14.2 Å². The van der Waals surface area contributed by atoms with Gasteiger partial charge in [-0.2, -0.15) is 0 Å². The van der Waals surface area contributed by atoms with Crippen LogP contribution in [0.15, 0.2) is 42.5 Å². The molecule has 4 nitrogen and oxygen atoms in total. The summed E-state index contributed by atoms with van der Waals surface area (Å²) >= 11 is 0. The van der Waals surface area contributed by atoms with E-state index in [9.17, 15) is 4.79 Å². The van der Waals surface area contributed by atoms with Gasteiger partial charge < -0.3 is 14.2 Å². The Morgan fingerprint density at radius 3 is 2.76 bits per heavy atom. The van der Waals surface area contributed by atoms with Crippen molar-refractivity contribution in [3.63, 3.8) is 0 Å². The summed E-state index contributed by atoms with van der Waals surface area (Å²) in [5.41, 5.74) is 1.41. The van der Waals surface area contributed by atoms with Crippen molar-refractivity contribution < 1.29 is 19.0 Å². The average Bonchev–Trinajstić information content (AvgIpc) is 2.54. The SMILES string of the molecule is COc1ccccc1CC(=O)c1cccc2c1OCCO2. The third-order valence-corrected chi connectivity index (χ3v) is 3.41. The molecule has 0 fully saturated rings. The summed E-state index contributed by atoms with van der Waals surface area (Å²) in [4.78, 5) is 12.6. The number of para-hydroxylation sites is 2. The first-order valence-corrected chi connectivity index (χ1v) is 6.83. The third-order valence-electron chi connectivity index (χ3n) is 3.41. The van der Waals surface area contributed by atoms with E-state index in [1.165, 1.54) is 0 Å². The van der Waals surface area contributed by atoms with E-state index in [0.29, 0.717) is 36.0 Å². The summed E-state index contributed by atoms with van der Waals surface area (Å²) in [7, 11) is 1.60. The fourth-order valence-corrected chi connectivity index (χ4v) is 2.41. The lowest BCUT2D eigenvalue weighted by atomic mass is 10.0. The van der Waals surface area contributed by atoms with Crippen molar-refractivity contribution in [2.75, 3.05) is 20.3 Å². The van der Waals surface area contributed by atoms with Gasteiger partial charge in [-0.1, -0.05) is 24.3 Å². The molecule has 21 heavy (non-hydrogen) atoms. The van der Waals surface area contributed by atoms with E-state index in [2.05, 4.69) is 0 Å². The number of carbonyl (C=O) groups excluding carboxylic acids is 1. The smallest absolute Gasteiger partial charge is 0.172 e. The highest BCUT2D eigenvalue weighted by molar-refractivity contribution is 6.01. The lowest BCUT2D eigenvalue weighted by molar-refractivity contribution is 0.0981. The Balaban J connectivity index is 1.89. The second-order valence-corrected chi connectivity index (χ2v) is 4.74. The van der Waals surface area contributed by atoms with Crippen LogP contribution in [0.3, 0.4) is 0 Å². The van der Waals surface area contributed by atoms with Crippen molar-refractivity contribution in [2.45, 2.75) is 6.42 Å². The summed E-state index contributed by atoms with van der Waals surface area (Å²) in [5, 5.41) is 0. The van der Waals surface area contributed by atoms with Crippen LogP contribution in [-0.4, -0.2) is 26.1 Å². The Kier molecular flexibility index (Phi) is 3.77. The zero-order valence-corrected chi connectivity index (χ0v) is 11.8. The van der Waals surface area contributed by atoms with Crippen LogP contribution < -0.4 is 14.2 Å². The fraction of sp³-hybridized carbons (Fsp3) is 0.235. The molecule has 0 atom stereocenters. The highest BCUT2D eigenvalue weighted by atomic mass is 16.6. The third kappa shape index (κ3) is 2.70. The zero-order valence-electron chi connectivity index (χ0n) is 11.8. The maximum absolute atomic E-state index is 12.6. The van der Waals surface area contributed by atoms with Gasteiger partial charge >= 0.3 is 0 Å². The highest BCUT2D eigenvalue weighted by Crippen LogP contribution is 2.34. The average molecular weight is 284 g/mol. The number of rotatable bonds is 4. The molecule has 0 spiro atoms. The second-order valence-electron chi connectivity index (χ2n) is 4.74. The van der Waals surface area contributed by atoms with Crippen molar-refractivity contribution in [2.24, 2.45) is 0 Å². The molecule has 0 saturated carbocycles. The molecule has 3 rings (SSSR count). The van der Waals surface area contributed by atoms with Crippen molar-refractivity contribution in [3.05, 3.63) is 53.6 Å². The first-order chi connectivity index (χ1) is 10.3. The molecule has 4 heteroatoms. The Morgan fingerprint density at radius 2 is 1.90 bits per heavy atom. The molecule has 0 aliphatic carbocycles. The van der Waals surface area contributed by atoms with Gasteiger partial charge in [0.1, 0.15) is 19.0 Å². The molecular formula is C17H16O4.